The van der Waals surface area contributed by atoms with Gasteiger partial charge in [0.25, 0.3) is 11.8 Å². The Morgan fingerprint density at radius 2 is 2.29 bits per heavy atom. The number of nitrogen functional groups attached to an aromatic ring is 1. The Bertz CT molecular complexity index is 602. The molecule has 4 N–H and O–H groups in total. The summed E-state index contributed by atoms with van der Waals surface area (Å²) >= 11 is 0. The lowest BCUT2D eigenvalue weighted by Gasteiger charge is -2.21. The van der Waals surface area contributed by atoms with Gasteiger partial charge in [-0.2, -0.15) is 0 Å². The van der Waals surface area contributed by atoms with Crippen LogP contribution in [0.2, 0.25) is 0 Å². The van der Waals surface area contributed by atoms with Gasteiger partial charge in [-0.25, -0.2) is 0 Å². The van der Waals surface area contributed by atoms with Gasteiger partial charge in [0.05, 0.1) is 17.1 Å². The molecule has 2 atom stereocenters. The molecule has 7 heteroatoms. The van der Waals surface area contributed by atoms with Gasteiger partial charge in [-0.15, -0.1) is 0 Å². The Balaban J connectivity index is 1.80. The molecule has 0 aromatic heterocycles. The van der Waals surface area contributed by atoms with E-state index in [1.165, 1.54) is 0 Å². The zero-order chi connectivity index (χ0) is 15.0. The standard InChI is InChI=1S/C14H17N3O4/c1-7-2-3-20-13(7)14(19)17-9-5-10-11(4-8(9)15)21-6-12(18)16-10/h4-5,7,13H,2-3,6,15H2,1H3,(H,16,18)(H,17,19). The number of nitrogens with two attached hydrogens (primary N) is 1. The second-order valence-corrected chi connectivity index (χ2v) is 5.32. The van der Waals surface area contributed by atoms with Crippen LogP contribution in [-0.4, -0.2) is 31.1 Å². The number of hydrogen-bond acceptors (Lipinski definition) is 5. The molecule has 2 heterocycles. The summed E-state index contributed by atoms with van der Waals surface area (Å²) in [4.78, 5) is 23.5. The number of ether oxygens (including phenoxy) is 2. The highest BCUT2D eigenvalue weighted by Gasteiger charge is 2.31. The van der Waals surface area contributed by atoms with E-state index in [-0.39, 0.29) is 24.3 Å². The summed E-state index contributed by atoms with van der Waals surface area (Å²) in [6.07, 6.45) is 0.396. The van der Waals surface area contributed by atoms with Gasteiger partial charge in [0.2, 0.25) is 0 Å². The Morgan fingerprint density at radius 1 is 1.48 bits per heavy atom. The number of fused-ring (bicyclic) bond motifs is 1. The molecule has 0 spiro atoms. The highest BCUT2D eigenvalue weighted by Crippen LogP contribution is 2.35. The molecule has 3 rings (SSSR count). The summed E-state index contributed by atoms with van der Waals surface area (Å²) in [5, 5.41) is 5.43. The molecular formula is C14H17N3O4. The van der Waals surface area contributed by atoms with E-state index in [9.17, 15) is 9.59 Å². The number of amides is 2. The summed E-state index contributed by atoms with van der Waals surface area (Å²) in [7, 11) is 0. The number of rotatable bonds is 2. The topological polar surface area (TPSA) is 103 Å². The SMILES string of the molecule is CC1CCOC1C(=O)Nc1cc2c(cc1N)OCC(=O)N2. The number of carbonyl (C=O) groups is 2. The van der Waals surface area contributed by atoms with Crippen LogP contribution in [0.4, 0.5) is 17.1 Å². The van der Waals surface area contributed by atoms with E-state index in [2.05, 4.69) is 10.6 Å². The molecule has 2 amide bonds. The van der Waals surface area contributed by atoms with Crippen LogP contribution < -0.4 is 21.1 Å². The molecule has 112 valence electrons. The molecular weight excluding hydrogens is 274 g/mol. The van der Waals surface area contributed by atoms with Crippen molar-refractivity contribution in [3.05, 3.63) is 12.1 Å². The van der Waals surface area contributed by atoms with Crippen molar-refractivity contribution in [1.29, 1.82) is 0 Å². The number of anilines is 3. The van der Waals surface area contributed by atoms with Crippen LogP contribution in [0.1, 0.15) is 13.3 Å². The fourth-order valence-corrected chi connectivity index (χ4v) is 2.48. The predicted molar refractivity (Wildman–Crippen MR) is 77.1 cm³/mol. The van der Waals surface area contributed by atoms with Crippen LogP contribution in [0, 0.1) is 5.92 Å². The number of nitrogens with one attached hydrogen (secondary N) is 2. The zero-order valence-corrected chi connectivity index (χ0v) is 11.6. The monoisotopic (exact) mass is 291 g/mol. The predicted octanol–water partition coefficient (Wildman–Crippen LogP) is 0.963. The van der Waals surface area contributed by atoms with Crippen molar-refractivity contribution in [2.45, 2.75) is 19.4 Å². The number of carbonyl (C=O) groups excluding carboxylic acids is 2. The molecule has 0 aliphatic carbocycles. The van der Waals surface area contributed by atoms with E-state index in [4.69, 9.17) is 15.2 Å². The summed E-state index contributed by atoms with van der Waals surface area (Å²) in [5.41, 5.74) is 7.22. The fraction of sp³-hybridized carbons (Fsp3) is 0.429. The van der Waals surface area contributed by atoms with E-state index >= 15 is 0 Å². The van der Waals surface area contributed by atoms with Crippen LogP contribution >= 0.6 is 0 Å². The van der Waals surface area contributed by atoms with Crippen molar-refractivity contribution < 1.29 is 19.1 Å². The van der Waals surface area contributed by atoms with E-state index in [0.717, 1.165) is 6.42 Å². The van der Waals surface area contributed by atoms with Gasteiger partial charge in [-0.1, -0.05) is 6.92 Å². The van der Waals surface area contributed by atoms with Crippen molar-refractivity contribution in [1.82, 2.24) is 0 Å². The molecule has 7 nitrogen and oxygen atoms in total. The number of hydrogen-bond donors (Lipinski definition) is 3. The maximum absolute atomic E-state index is 12.2. The van der Waals surface area contributed by atoms with Gasteiger partial charge >= 0.3 is 0 Å². The average molecular weight is 291 g/mol. The van der Waals surface area contributed by atoms with E-state index in [1.807, 2.05) is 6.92 Å². The highest BCUT2D eigenvalue weighted by molar-refractivity contribution is 6.01. The molecule has 2 unspecified atom stereocenters. The fourth-order valence-electron chi connectivity index (χ4n) is 2.48. The molecule has 1 aromatic carbocycles. The van der Waals surface area contributed by atoms with Crippen molar-refractivity contribution in [3.8, 4) is 5.75 Å². The Morgan fingerprint density at radius 3 is 3.00 bits per heavy atom. The van der Waals surface area contributed by atoms with E-state index in [0.29, 0.717) is 29.4 Å². The lowest BCUT2D eigenvalue weighted by atomic mass is 10.0. The Kier molecular flexibility index (Phi) is 3.42. The number of benzene rings is 1. The first kappa shape index (κ1) is 13.7. The molecule has 0 saturated carbocycles. The van der Waals surface area contributed by atoms with Crippen LogP contribution in [0.5, 0.6) is 5.75 Å². The lowest BCUT2D eigenvalue weighted by Crippen LogP contribution is -2.31. The first-order chi connectivity index (χ1) is 10.0. The summed E-state index contributed by atoms with van der Waals surface area (Å²) < 4.78 is 10.7. The highest BCUT2D eigenvalue weighted by atomic mass is 16.5. The minimum absolute atomic E-state index is 0.0361. The zero-order valence-electron chi connectivity index (χ0n) is 11.6. The molecule has 1 fully saturated rings. The molecule has 21 heavy (non-hydrogen) atoms. The first-order valence-corrected chi connectivity index (χ1v) is 6.83. The Labute approximate surface area is 121 Å². The summed E-state index contributed by atoms with van der Waals surface area (Å²) in [5.74, 6) is 0.203. The minimum Gasteiger partial charge on any atom is -0.482 e. The van der Waals surface area contributed by atoms with Crippen LogP contribution in [-0.2, 0) is 14.3 Å². The Hall–Kier alpha value is -2.28. The van der Waals surface area contributed by atoms with E-state index < -0.39 is 6.10 Å². The molecule has 0 radical (unpaired) electrons. The lowest BCUT2D eigenvalue weighted by molar-refractivity contribution is -0.126. The third-order valence-corrected chi connectivity index (χ3v) is 3.69. The normalized spacial score (nSPS) is 24.0. The maximum Gasteiger partial charge on any atom is 0.262 e. The summed E-state index contributed by atoms with van der Waals surface area (Å²) in [6, 6.07) is 3.18. The molecule has 2 aliphatic heterocycles. The van der Waals surface area contributed by atoms with Crippen molar-refractivity contribution in [2.75, 3.05) is 29.6 Å². The third kappa shape index (κ3) is 2.64. The van der Waals surface area contributed by atoms with Gasteiger partial charge < -0.3 is 25.8 Å². The maximum atomic E-state index is 12.2. The van der Waals surface area contributed by atoms with Gasteiger partial charge in [0.15, 0.2) is 6.61 Å². The largest absolute Gasteiger partial charge is 0.482 e. The smallest absolute Gasteiger partial charge is 0.262 e. The van der Waals surface area contributed by atoms with Gasteiger partial charge in [-0.3, -0.25) is 9.59 Å². The van der Waals surface area contributed by atoms with Crippen LogP contribution in [0.25, 0.3) is 0 Å². The first-order valence-electron chi connectivity index (χ1n) is 6.83. The van der Waals surface area contributed by atoms with Crippen molar-refractivity contribution in [2.24, 2.45) is 5.92 Å². The molecule has 0 bridgehead atoms. The van der Waals surface area contributed by atoms with Crippen molar-refractivity contribution >= 4 is 28.9 Å². The van der Waals surface area contributed by atoms with Gasteiger partial charge in [-0.05, 0) is 18.4 Å². The quantitative estimate of drug-likeness (QED) is 0.704. The third-order valence-electron chi connectivity index (χ3n) is 3.69. The van der Waals surface area contributed by atoms with Crippen LogP contribution in [0.15, 0.2) is 12.1 Å². The van der Waals surface area contributed by atoms with Gasteiger partial charge in [0, 0.05) is 12.7 Å². The van der Waals surface area contributed by atoms with Crippen LogP contribution in [0.3, 0.4) is 0 Å². The molecule has 1 saturated heterocycles. The van der Waals surface area contributed by atoms with E-state index in [1.54, 1.807) is 12.1 Å². The minimum atomic E-state index is -0.466. The molecule has 1 aromatic rings. The van der Waals surface area contributed by atoms with Crippen molar-refractivity contribution in [3.63, 3.8) is 0 Å². The second kappa shape index (κ2) is 5.25. The second-order valence-electron chi connectivity index (χ2n) is 5.32. The summed E-state index contributed by atoms with van der Waals surface area (Å²) in [6.45, 7) is 2.52. The molecule has 2 aliphatic rings. The van der Waals surface area contributed by atoms with Gasteiger partial charge in [0.1, 0.15) is 11.9 Å². The average Bonchev–Trinajstić information content (AvgIpc) is 2.86.